The van der Waals surface area contributed by atoms with Gasteiger partial charge in [-0.1, -0.05) is 29.8 Å². The number of amides is 1. The van der Waals surface area contributed by atoms with Gasteiger partial charge in [-0.15, -0.1) is 0 Å². The summed E-state index contributed by atoms with van der Waals surface area (Å²) < 4.78 is 5.70. The molecule has 1 fully saturated rings. The fourth-order valence-electron chi connectivity index (χ4n) is 4.78. The van der Waals surface area contributed by atoms with Gasteiger partial charge in [-0.25, -0.2) is 0 Å². The minimum absolute atomic E-state index is 0.00000402. The number of phenolic OH excluding ortho intramolecular Hbond substituents is 1. The van der Waals surface area contributed by atoms with Crippen molar-refractivity contribution in [1.29, 1.82) is 0 Å². The molecule has 2 aliphatic rings. The van der Waals surface area contributed by atoms with E-state index in [9.17, 15) is 19.8 Å². The molecular weight excluding hydrogens is 444 g/mol. The number of hydrogen-bond donors (Lipinski definition) is 2. The molecule has 35 heavy (non-hydrogen) atoms. The summed E-state index contributed by atoms with van der Waals surface area (Å²) in [5, 5.41) is 21.3. The van der Waals surface area contributed by atoms with Crippen LogP contribution in [0.15, 0.2) is 66.2 Å². The van der Waals surface area contributed by atoms with Crippen molar-refractivity contribution >= 4 is 28.8 Å². The second kappa shape index (κ2) is 8.51. The molecule has 2 N–H and O–H groups in total. The van der Waals surface area contributed by atoms with Crippen molar-refractivity contribution in [2.24, 2.45) is 0 Å². The predicted octanol–water partition coefficient (Wildman–Crippen LogP) is 4.46. The quantitative estimate of drug-likeness (QED) is 0.334. The second-order valence-corrected chi connectivity index (χ2v) is 9.00. The summed E-state index contributed by atoms with van der Waals surface area (Å²) in [6.07, 6.45) is 0. The summed E-state index contributed by atoms with van der Waals surface area (Å²) in [6, 6.07) is 16.3. The number of carbonyl (C=O) groups excluding carboxylic acids is 2. The molecule has 178 valence electrons. The molecule has 0 spiro atoms. The number of aliphatic hydroxyl groups is 1. The highest BCUT2D eigenvalue weighted by molar-refractivity contribution is 6.51. The van der Waals surface area contributed by atoms with Crippen molar-refractivity contribution in [2.75, 3.05) is 30.0 Å². The first-order valence-corrected chi connectivity index (χ1v) is 11.4. The molecule has 1 atom stereocenters. The maximum atomic E-state index is 13.4. The Bertz CT molecular complexity index is 1380. The van der Waals surface area contributed by atoms with Crippen molar-refractivity contribution in [2.45, 2.75) is 19.9 Å². The van der Waals surface area contributed by atoms with Gasteiger partial charge >= 0.3 is 0 Å². The number of anilines is 2. The first-order chi connectivity index (χ1) is 16.8. The van der Waals surface area contributed by atoms with Gasteiger partial charge in [0.25, 0.3) is 11.7 Å². The molecule has 1 amide bonds. The molecule has 0 aliphatic carbocycles. The number of aromatic hydroxyl groups is 1. The zero-order valence-corrected chi connectivity index (χ0v) is 19.8. The Kier molecular flexibility index (Phi) is 5.47. The monoisotopic (exact) mass is 470 g/mol. The fourth-order valence-corrected chi connectivity index (χ4v) is 4.78. The van der Waals surface area contributed by atoms with Crippen LogP contribution in [-0.4, -0.2) is 42.1 Å². The number of hydrogen-bond acceptors (Lipinski definition) is 6. The first kappa shape index (κ1) is 22.5. The van der Waals surface area contributed by atoms with Gasteiger partial charge < -0.3 is 19.8 Å². The number of carbonyl (C=O) groups is 2. The van der Waals surface area contributed by atoms with E-state index in [1.54, 1.807) is 30.3 Å². The number of likely N-dealkylation sites (N-methyl/N-ethyl adjacent to an activating group) is 1. The molecule has 2 aliphatic heterocycles. The van der Waals surface area contributed by atoms with Crippen LogP contribution in [0.4, 0.5) is 11.4 Å². The SMILES string of the molecule is Cc1ccc(N2C(=O)C(=O)/C(=C(\O)c3ccc4c(c3)N(C)CCO4)C2c2ccc(O)cc2)c(C)c1. The summed E-state index contributed by atoms with van der Waals surface area (Å²) in [6.45, 7) is 5.10. The van der Waals surface area contributed by atoms with Crippen LogP contribution in [0.25, 0.3) is 5.76 Å². The number of benzene rings is 3. The van der Waals surface area contributed by atoms with Gasteiger partial charge in [0.05, 0.1) is 23.8 Å². The van der Waals surface area contributed by atoms with Crippen LogP contribution < -0.4 is 14.5 Å². The number of aryl methyl sites for hydroxylation is 2. The Morgan fingerprint density at radius 2 is 1.71 bits per heavy atom. The van der Waals surface area contributed by atoms with Crippen LogP contribution in [0.5, 0.6) is 11.5 Å². The first-order valence-electron chi connectivity index (χ1n) is 11.4. The van der Waals surface area contributed by atoms with Crippen LogP contribution in [0.3, 0.4) is 0 Å². The van der Waals surface area contributed by atoms with E-state index in [2.05, 4.69) is 0 Å². The van der Waals surface area contributed by atoms with Crippen LogP contribution in [0.2, 0.25) is 0 Å². The Balaban J connectivity index is 1.71. The van der Waals surface area contributed by atoms with E-state index in [-0.39, 0.29) is 17.1 Å². The number of fused-ring (bicyclic) bond motifs is 1. The lowest BCUT2D eigenvalue weighted by atomic mass is 9.94. The summed E-state index contributed by atoms with van der Waals surface area (Å²) in [7, 11) is 1.93. The van der Waals surface area contributed by atoms with Crippen molar-refractivity contribution < 1.29 is 24.5 Å². The molecule has 1 unspecified atom stereocenters. The molecule has 2 heterocycles. The van der Waals surface area contributed by atoms with Gasteiger partial charge in [-0.05, 0) is 61.4 Å². The van der Waals surface area contributed by atoms with Crippen LogP contribution in [0, 0.1) is 13.8 Å². The third-order valence-corrected chi connectivity index (χ3v) is 6.59. The highest BCUT2D eigenvalue weighted by Crippen LogP contribution is 2.44. The lowest BCUT2D eigenvalue weighted by Gasteiger charge is -2.28. The van der Waals surface area contributed by atoms with Gasteiger partial charge in [0.2, 0.25) is 0 Å². The fraction of sp³-hybridized carbons (Fsp3) is 0.214. The number of nitrogens with zero attached hydrogens (tertiary/aromatic N) is 2. The third kappa shape index (κ3) is 3.79. The largest absolute Gasteiger partial charge is 0.508 e. The molecule has 3 aromatic carbocycles. The second-order valence-electron chi connectivity index (χ2n) is 9.00. The topological polar surface area (TPSA) is 90.3 Å². The number of rotatable bonds is 3. The van der Waals surface area contributed by atoms with Gasteiger partial charge in [-0.3, -0.25) is 14.5 Å². The van der Waals surface area contributed by atoms with E-state index in [1.807, 2.05) is 44.0 Å². The Morgan fingerprint density at radius 1 is 0.971 bits per heavy atom. The molecule has 0 radical (unpaired) electrons. The average Bonchev–Trinajstić information content (AvgIpc) is 3.09. The minimum atomic E-state index is -0.859. The molecule has 0 bridgehead atoms. The van der Waals surface area contributed by atoms with Gasteiger partial charge in [0.15, 0.2) is 0 Å². The van der Waals surface area contributed by atoms with Crippen LogP contribution >= 0.6 is 0 Å². The Morgan fingerprint density at radius 3 is 2.43 bits per heavy atom. The lowest BCUT2D eigenvalue weighted by molar-refractivity contribution is -0.132. The van der Waals surface area contributed by atoms with Gasteiger partial charge in [0, 0.05) is 18.3 Å². The maximum Gasteiger partial charge on any atom is 0.300 e. The van der Waals surface area contributed by atoms with E-state index in [4.69, 9.17) is 4.74 Å². The highest BCUT2D eigenvalue weighted by atomic mass is 16.5. The number of ether oxygens (including phenoxy) is 1. The molecule has 7 heteroatoms. The Hall–Kier alpha value is -4.26. The summed E-state index contributed by atoms with van der Waals surface area (Å²) in [4.78, 5) is 30.2. The predicted molar refractivity (Wildman–Crippen MR) is 134 cm³/mol. The number of Topliss-reactive ketones (excluding diaryl/α,β-unsaturated/α-hetero) is 1. The normalized spacial score (nSPS) is 19.0. The summed E-state index contributed by atoms with van der Waals surface area (Å²) >= 11 is 0. The third-order valence-electron chi connectivity index (χ3n) is 6.59. The van der Waals surface area contributed by atoms with Gasteiger partial charge in [0.1, 0.15) is 23.9 Å². The Labute approximate surface area is 203 Å². The molecule has 7 nitrogen and oxygen atoms in total. The lowest BCUT2D eigenvalue weighted by Crippen LogP contribution is -2.30. The zero-order valence-electron chi connectivity index (χ0n) is 19.8. The maximum absolute atomic E-state index is 13.4. The minimum Gasteiger partial charge on any atom is -0.508 e. The van der Waals surface area contributed by atoms with Gasteiger partial charge in [-0.2, -0.15) is 0 Å². The van der Waals surface area contributed by atoms with Crippen LogP contribution in [-0.2, 0) is 9.59 Å². The molecule has 0 saturated carbocycles. The standard InChI is InChI=1S/C28H26N2O5/c1-16-4-10-21(17(2)14-16)30-25(18-5-8-20(31)9-6-18)24(27(33)28(30)34)26(32)19-7-11-23-22(15-19)29(3)12-13-35-23/h4-11,14-15,25,31-32H,12-13H2,1-3H3/b26-24-. The van der Waals surface area contributed by atoms with E-state index >= 15 is 0 Å². The van der Waals surface area contributed by atoms with Crippen molar-refractivity contribution in [3.05, 3.63) is 88.5 Å². The van der Waals surface area contributed by atoms with E-state index in [1.165, 1.54) is 17.0 Å². The molecule has 5 rings (SSSR count). The van der Waals surface area contributed by atoms with E-state index in [0.29, 0.717) is 35.7 Å². The number of phenols is 1. The molecule has 3 aromatic rings. The van der Waals surface area contributed by atoms with Crippen molar-refractivity contribution in [1.82, 2.24) is 0 Å². The molecule has 0 aromatic heterocycles. The van der Waals surface area contributed by atoms with E-state index in [0.717, 1.165) is 16.8 Å². The molecular formula is C28H26N2O5. The van der Waals surface area contributed by atoms with Crippen molar-refractivity contribution in [3.63, 3.8) is 0 Å². The zero-order chi connectivity index (χ0) is 24.9. The van der Waals surface area contributed by atoms with Crippen LogP contribution in [0.1, 0.15) is 28.3 Å². The smallest absolute Gasteiger partial charge is 0.300 e. The number of ketones is 1. The highest BCUT2D eigenvalue weighted by Gasteiger charge is 2.47. The van der Waals surface area contributed by atoms with E-state index < -0.39 is 17.7 Å². The average molecular weight is 471 g/mol. The number of aliphatic hydroxyl groups excluding tert-OH is 1. The summed E-state index contributed by atoms with van der Waals surface area (Å²) in [5.74, 6) is -0.968. The van der Waals surface area contributed by atoms with Crippen molar-refractivity contribution in [3.8, 4) is 11.5 Å². The summed E-state index contributed by atoms with van der Waals surface area (Å²) in [5.41, 5.74) is 4.27. The molecule has 1 saturated heterocycles.